The number of carbonyl (C=O) groups excluding carboxylic acids is 1. The molecule has 44 heavy (non-hydrogen) atoms. The fourth-order valence-electron chi connectivity index (χ4n) is 4.89. The molecule has 12 heteroatoms. The van der Waals surface area contributed by atoms with Gasteiger partial charge in [-0.1, -0.05) is 32.9 Å². The molecule has 0 saturated carbocycles. The number of sulfonamides is 1. The summed E-state index contributed by atoms with van der Waals surface area (Å²) in [5.41, 5.74) is 2.60. The first-order valence-corrected chi connectivity index (χ1v) is 16.4. The molecule has 1 fully saturated rings. The molecular weight excluding hydrogens is 587 g/mol. The third-order valence-electron chi connectivity index (χ3n) is 7.16. The Labute approximate surface area is 258 Å². The highest BCUT2D eigenvalue weighted by Crippen LogP contribution is 2.35. The van der Waals surface area contributed by atoms with Crippen LogP contribution < -0.4 is 4.31 Å². The van der Waals surface area contributed by atoms with Gasteiger partial charge in [0.15, 0.2) is 5.79 Å². The Hall–Kier alpha value is -3.74. The molecule has 3 heterocycles. The molecule has 3 atom stereocenters. The molecule has 0 spiro atoms. The number of benzene rings is 1. The lowest BCUT2D eigenvalue weighted by atomic mass is 9.95. The van der Waals surface area contributed by atoms with Gasteiger partial charge in [-0.3, -0.25) is 4.98 Å². The van der Waals surface area contributed by atoms with Gasteiger partial charge in [0.05, 0.1) is 29.3 Å². The van der Waals surface area contributed by atoms with Gasteiger partial charge < -0.3 is 14.2 Å². The van der Waals surface area contributed by atoms with E-state index in [0.717, 1.165) is 17.0 Å². The molecule has 236 valence electrons. The van der Waals surface area contributed by atoms with Gasteiger partial charge >= 0.3 is 5.97 Å². The third-order valence-corrected chi connectivity index (χ3v) is 8.32. The van der Waals surface area contributed by atoms with Gasteiger partial charge in [0.25, 0.3) is 0 Å². The van der Waals surface area contributed by atoms with E-state index in [0.29, 0.717) is 47.5 Å². The smallest absolute Gasteiger partial charge is 0.339 e. The second-order valence-corrected chi connectivity index (χ2v) is 13.3. The average molecular weight is 627 g/mol. The summed E-state index contributed by atoms with van der Waals surface area (Å²) >= 11 is 0. The van der Waals surface area contributed by atoms with Crippen molar-refractivity contribution in [3.05, 3.63) is 77.5 Å². The zero-order chi connectivity index (χ0) is 32.1. The third kappa shape index (κ3) is 8.25. The van der Waals surface area contributed by atoms with Crippen molar-refractivity contribution in [3.63, 3.8) is 0 Å². The fraction of sp³-hybridized carbons (Fsp3) is 0.438. The number of esters is 1. The van der Waals surface area contributed by atoms with Crippen LogP contribution in [0, 0.1) is 5.82 Å². The highest BCUT2D eigenvalue weighted by Gasteiger charge is 2.40. The van der Waals surface area contributed by atoms with E-state index >= 15 is 0 Å². The number of anilines is 1. The van der Waals surface area contributed by atoms with Crippen LogP contribution in [0.1, 0.15) is 74.5 Å². The summed E-state index contributed by atoms with van der Waals surface area (Å²) < 4.78 is 58.0. The minimum Gasteiger partial charge on any atom is -0.458 e. The van der Waals surface area contributed by atoms with Crippen molar-refractivity contribution >= 4 is 28.0 Å². The maximum absolute atomic E-state index is 13.9. The van der Waals surface area contributed by atoms with Crippen molar-refractivity contribution in [2.45, 2.75) is 70.9 Å². The molecular formula is C32H39FN4O6S. The summed E-state index contributed by atoms with van der Waals surface area (Å²) in [6, 6.07) is 9.14. The molecule has 1 aromatic carbocycles. The number of carbonyl (C=O) groups is 1. The number of nitrogens with zero attached hydrogens (tertiary/aromatic N) is 4. The van der Waals surface area contributed by atoms with E-state index in [1.54, 1.807) is 30.5 Å². The van der Waals surface area contributed by atoms with E-state index < -0.39 is 39.8 Å². The van der Waals surface area contributed by atoms with Crippen LogP contribution in [0.5, 0.6) is 0 Å². The minimum absolute atomic E-state index is 0.00418. The number of hydrogen-bond donors (Lipinski definition) is 0. The Kier molecular flexibility index (Phi) is 10.5. The van der Waals surface area contributed by atoms with Crippen LogP contribution in [0.2, 0.25) is 0 Å². The quantitative estimate of drug-likeness (QED) is 0.245. The van der Waals surface area contributed by atoms with Crippen LogP contribution in [0.3, 0.4) is 0 Å². The first kappa shape index (κ1) is 33.2. The molecule has 2 aromatic heterocycles. The minimum atomic E-state index is -3.65. The Bertz CT molecular complexity index is 1580. The van der Waals surface area contributed by atoms with E-state index in [-0.39, 0.29) is 11.9 Å². The lowest BCUT2D eigenvalue weighted by Crippen LogP contribution is -2.46. The van der Waals surface area contributed by atoms with Crippen molar-refractivity contribution in [3.8, 4) is 11.3 Å². The maximum Gasteiger partial charge on any atom is 0.339 e. The van der Waals surface area contributed by atoms with Crippen molar-refractivity contribution in [2.75, 3.05) is 24.2 Å². The zero-order valence-electron chi connectivity index (χ0n) is 25.9. The van der Waals surface area contributed by atoms with Gasteiger partial charge in [-0.2, -0.15) is 0 Å². The summed E-state index contributed by atoms with van der Waals surface area (Å²) in [4.78, 5) is 26.1. The van der Waals surface area contributed by atoms with E-state index in [1.165, 1.54) is 25.4 Å². The monoisotopic (exact) mass is 626 g/mol. The molecule has 3 unspecified atom stereocenters. The molecule has 0 aliphatic carbocycles. The molecule has 1 aliphatic rings. The Morgan fingerprint density at radius 2 is 1.95 bits per heavy atom. The standard InChI is InChI=1S/C32H39FN4O6S/c1-7-17-41-32(4)19-26(42-30(38)23-9-8-16-34-20-23)18-25(43-32)14-15-27-28(21(2)3)35-31(37(5)44(6,39)40)36-29(27)22-10-12-24(33)13-11-22/h8-16,20-21,25-26H,7,17-19H2,1-6H3. The molecule has 0 bridgehead atoms. The normalized spacial score (nSPS) is 20.6. The highest BCUT2D eigenvalue weighted by molar-refractivity contribution is 7.92. The van der Waals surface area contributed by atoms with E-state index in [9.17, 15) is 17.6 Å². The predicted molar refractivity (Wildman–Crippen MR) is 166 cm³/mol. The number of hydrogen-bond acceptors (Lipinski definition) is 9. The highest BCUT2D eigenvalue weighted by atomic mass is 32.2. The summed E-state index contributed by atoms with van der Waals surface area (Å²) in [7, 11) is -2.26. The average Bonchev–Trinajstić information content (AvgIpc) is 2.98. The van der Waals surface area contributed by atoms with Crippen LogP contribution in [-0.2, 0) is 24.2 Å². The van der Waals surface area contributed by atoms with Crippen LogP contribution in [0.25, 0.3) is 17.3 Å². The van der Waals surface area contributed by atoms with Crippen molar-refractivity contribution < 1.29 is 31.8 Å². The molecule has 1 saturated heterocycles. The second kappa shape index (κ2) is 13.9. The number of halogens is 1. The fourth-order valence-corrected chi connectivity index (χ4v) is 5.27. The van der Waals surface area contributed by atoms with Gasteiger partial charge in [0.2, 0.25) is 16.0 Å². The number of rotatable bonds is 11. The number of pyridine rings is 1. The Morgan fingerprint density at radius 1 is 1.23 bits per heavy atom. The van der Waals surface area contributed by atoms with Crippen LogP contribution in [-0.4, -0.2) is 67.2 Å². The van der Waals surface area contributed by atoms with E-state index in [4.69, 9.17) is 14.2 Å². The van der Waals surface area contributed by atoms with Gasteiger partial charge in [0.1, 0.15) is 11.9 Å². The van der Waals surface area contributed by atoms with Gasteiger partial charge in [-0.05, 0) is 55.7 Å². The summed E-state index contributed by atoms with van der Waals surface area (Å²) in [6.07, 6.45) is 8.26. The molecule has 10 nitrogen and oxygen atoms in total. The summed E-state index contributed by atoms with van der Waals surface area (Å²) in [5, 5.41) is 0. The SMILES string of the molecule is CCCOC1(C)CC(OC(=O)c2cccnc2)CC(C=Cc2c(-c3ccc(F)cc3)nc(N(C)S(C)(=O)=O)nc2C(C)C)O1. The van der Waals surface area contributed by atoms with Crippen molar-refractivity contribution in [1.29, 1.82) is 0 Å². The molecule has 3 aromatic rings. The summed E-state index contributed by atoms with van der Waals surface area (Å²) in [6.45, 7) is 8.18. The molecule has 0 amide bonds. The summed E-state index contributed by atoms with van der Waals surface area (Å²) in [5.74, 6) is -2.02. The van der Waals surface area contributed by atoms with Gasteiger partial charge in [0, 0.05) is 50.0 Å². The molecule has 1 aliphatic heterocycles. The first-order chi connectivity index (χ1) is 20.8. The Morgan fingerprint density at radius 3 is 2.57 bits per heavy atom. The topological polar surface area (TPSA) is 121 Å². The second-order valence-electron chi connectivity index (χ2n) is 11.3. The van der Waals surface area contributed by atoms with Crippen molar-refractivity contribution in [1.82, 2.24) is 15.0 Å². The number of aromatic nitrogens is 3. The van der Waals surface area contributed by atoms with Crippen molar-refractivity contribution in [2.24, 2.45) is 0 Å². The largest absolute Gasteiger partial charge is 0.458 e. The van der Waals surface area contributed by atoms with E-state index in [2.05, 4.69) is 15.0 Å². The Balaban J connectivity index is 1.74. The lowest BCUT2D eigenvalue weighted by Gasteiger charge is -2.41. The maximum atomic E-state index is 13.9. The molecule has 0 radical (unpaired) electrons. The van der Waals surface area contributed by atoms with Gasteiger partial charge in [-0.25, -0.2) is 31.9 Å². The molecule has 4 rings (SSSR count). The zero-order valence-corrected chi connectivity index (χ0v) is 26.7. The first-order valence-electron chi connectivity index (χ1n) is 14.5. The van der Waals surface area contributed by atoms with Gasteiger partial charge in [-0.15, -0.1) is 0 Å². The molecule has 0 N–H and O–H groups in total. The van der Waals surface area contributed by atoms with Crippen LogP contribution in [0.15, 0.2) is 54.9 Å². The predicted octanol–water partition coefficient (Wildman–Crippen LogP) is 5.76. The lowest BCUT2D eigenvalue weighted by molar-refractivity contribution is -0.276. The van der Waals surface area contributed by atoms with Crippen LogP contribution in [0.4, 0.5) is 10.3 Å². The van der Waals surface area contributed by atoms with Crippen LogP contribution >= 0.6 is 0 Å². The van der Waals surface area contributed by atoms with E-state index in [1.807, 2.05) is 39.8 Å². The number of ether oxygens (including phenoxy) is 3.